The van der Waals surface area contributed by atoms with Crippen LogP contribution in [0.2, 0.25) is 0 Å². The van der Waals surface area contributed by atoms with E-state index in [2.05, 4.69) is 5.10 Å². The van der Waals surface area contributed by atoms with Crippen molar-refractivity contribution in [1.29, 1.82) is 0 Å². The van der Waals surface area contributed by atoms with Gasteiger partial charge in [0.05, 0.1) is 11.3 Å². The maximum Gasteiger partial charge on any atom is 0.435 e. The van der Waals surface area contributed by atoms with Crippen LogP contribution >= 0.6 is 0 Å². The van der Waals surface area contributed by atoms with Crippen LogP contribution in [0.1, 0.15) is 16.1 Å². The summed E-state index contributed by atoms with van der Waals surface area (Å²) in [5, 5.41) is 11.9. The first kappa shape index (κ1) is 15.5. The van der Waals surface area contributed by atoms with Gasteiger partial charge in [0.25, 0.3) is 0 Å². The number of rotatable bonds is 1. The summed E-state index contributed by atoms with van der Waals surface area (Å²) in [4.78, 5) is 10.1. The largest absolute Gasteiger partial charge is 0.506 e. The molecule has 8 heteroatoms. The van der Waals surface area contributed by atoms with E-state index in [4.69, 9.17) is 10.8 Å². The monoisotopic (exact) mass is 287 g/mol. The molecule has 0 amide bonds. The Labute approximate surface area is 112 Å². The van der Waals surface area contributed by atoms with Crippen molar-refractivity contribution >= 4 is 12.0 Å². The number of hydrogen-bond acceptors (Lipinski definition) is 4. The van der Waals surface area contributed by atoms with Crippen LogP contribution in [0.3, 0.4) is 0 Å². The fourth-order valence-electron chi connectivity index (χ4n) is 1.30. The Morgan fingerprint density at radius 1 is 1.35 bits per heavy atom. The fourth-order valence-corrected chi connectivity index (χ4v) is 1.30. The van der Waals surface area contributed by atoms with Gasteiger partial charge in [0.15, 0.2) is 12.0 Å². The van der Waals surface area contributed by atoms with Gasteiger partial charge in [-0.25, -0.2) is 0 Å². The van der Waals surface area contributed by atoms with Crippen molar-refractivity contribution in [2.75, 3.05) is 5.73 Å². The van der Waals surface area contributed by atoms with Gasteiger partial charge in [0.1, 0.15) is 5.75 Å². The average Bonchev–Trinajstić information content (AvgIpc) is 2.75. The summed E-state index contributed by atoms with van der Waals surface area (Å²) in [6.07, 6.45) is -3.40. The highest BCUT2D eigenvalue weighted by Crippen LogP contribution is 2.29. The summed E-state index contributed by atoms with van der Waals surface area (Å²) in [6.45, 7) is 0. The number of phenolic OH excluding ortho intramolecular Hbond substituents is 1. The minimum Gasteiger partial charge on any atom is -0.506 e. The van der Waals surface area contributed by atoms with Crippen molar-refractivity contribution in [1.82, 2.24) is 9.78 Å². The lowest BCUT2D eigenvalue weighted by Crippen LogP contribution is -2.09. The summed E-state index contributed by atoms with van der Waals surface area (Å²) in [7, 11) is 1.32. The Morgan fingerprint density at radius 3 is 2.30 bits per heavy atom. The number of aromatic hydroxyl groups is 1. The van der Waals surface area contributed by atoms with Crippen LogP contribution in [0.25, 0.3) is 0 Å². The Hall–Kier alpha value is -2.51. The minimum atomic E-state index is -4.56. The molecule has 0 unspecified atom stereocenters. The zero-order valence-corrected chi connectivity index (χ0v) is 10.4. The normalized spacial score (nSPS) is 10.6. The molecule has 0 bridgehead atoms. The van der Waals surface area contributed by atoms with Crippen molar-refractivity contribution in [2.45, 2.75) is 6.18 Å². The van der Waals surface area contributed by atoms with E-state index in [0.29, 0.717) is 5.69 Å². The summed E-state index contributed by atoms with van der Waals surface area (Å²) in [5.41, 5.74) is 4.11. The van der Waals surface area contributed by atoms with Crippen LogP contribution in [0.4, 0.5) is 18.9 Å². The summed E-state index contributed by atoms with van der Waals surface area (Å²) >= 11 is 0. The van der Waals surface area contributed by atoms with E-state index in [1.54, 1.807) is 24.3 Å². The molecule has 0 aliphatic carbocycles. The molecule has 0 aliphatic rings. The van der Waals surface area contributed by atoms with Gasteiger partial charge in [-0.3, -0.25) is 9.48 Å². The number of alkyl halides is 3. The molecule has 0 atom stereocenters. The number of nitrogens with zero attached hydrogens (tertiary/aromatic N) is 2. The molecule has 20 heavy (non-hydrogen) atoms. The van der Waals surface area contributed by atoms with Crippen LogP contribution in [-0.2, 0) is 13.2 Å². The van der Waals surface area contributed by atoms with Gasteiger partial charge >= 0.3 is 6.18 Å². The maximum atomic E-state index is 12.0. The smallest absolute Gasteiger partial charge is 0.435 e. The van der Waals surface area contributed by atoms with Crippen molar-refractivity contribution < 1.29 is 23.1 Å². The molecule has 1 aromatic carbocycles. The number of nitrogen functional groups attached to an aromatic ring is 1. The third-order valence-electron chi connectivity index (χ3n) is 2.19. The second-order valence-electron chi connectivity index (χ2n) is 3.78. The zero-order chi connectivity index (χ0) is 15.3. The molecule has 108 valence electrons. The number of nitrogens with two attached hydrogens (primary N) is 1. The molecule has 0 aliphatic heterocycles. The standard InChI is InChI=1S/C6H5F3N2O.C6H7NO/c1-11-2-4(3-12)5(10-11)6(7,8)9;7-5-3-1-2-4-6(5)8/h2-3H,1H3;1-4,8H,7H2. The van der Waals surface area contributed by atoms with Gasteiger partial charge in [-0.15, -0.1) is 0 Å². The van der Waals surface area contributed by atoms with Crippen LogP contribution in [0.15, 0.2) is 30.5 Å². The number of carbonyl (C=O) groups is 1. The van der Waals surface area contributed by atoms with Gasteiger partial charge in [-0.2, -0.15) is 18.3 Å². The van der Waals surface area contributed by atoms with Crippen LogP contribution in [-0.4, -0.2) is 21.2 Å². The molecule has 1 aromatic heterocycles. The Kier molecular flexibility index (Phi) is 4.73. The maximum absolute atomic E-state index is 12.0. The molecule has 5 nitrogen and oxygen atoms in total. The Balaban J connectivity index is 0.000000217. The third kappa shape index (κ3) is 4.01. The van der Waals surface area contributed by atoms with E-state index >= 15 is 0 Å². The second kappa shape index (κ2) is 6.09. The van der Waals surface area contributed by atoms with Crippen LogP contribution < -0.4 is 5.73 Å². The summed E-state index contributed by atoms with van der Waals surface area (Å²) in [6, 6.07) is 6.70. The fraction of sp³-hybridized carbons (Fsp3) is 0.167. The molecule has 0 saturated carbocycles. The van der Waals surface area contributed by atoms with E-state index in [-0.39, 0.29) is 12.0 Å². The lowest BCUT2D eigenvalue weighted by molar-refractivity contribution is -0.141. The van der Waals surface area contributed by atoms with Crippen molar-refractivity contribution in [3.8, 4) is 5.75 Å². The Morgan fingerprint density at radius 2 is 1.95 bits per heavy atom. The van der Waals surface area contributed by atoms with E-state index in [0.717, 1.165) is 10.9 Å². The minimum absolute atomic E-state index is 0.135. The highest BCUT2D eigenvalue weighted by Gasteiger charge is 2.36. The number of aryl methyl sites for hydroxylation is 1. The number of aldehydes is 1. The molecular formula is C12H12F3N3O2. The molecule has 1 heterocycles. The van der Waals surface area contributed by atoms with E-state index in [9.17, 15) is 18.0 Å². The summed E-state index contributed by atoms with van der Waals surface area (Å²) < 4.78 is 37.0. The summed E-state index contributed by atoms with van der Waals surface area (Å²) in [5.74, 6) is 0.146. The van der Waals surface area contributed by atoms with Gasteiger partial charge in [-0.1, -0.05) is 12.1 Å². The topological polar surface area (TPSA) is 81.1 Å². The molecule has 2 rings (SSSR count). The second-order valence-corrected chi connectivity index (χ2v) is 3.78. The molecule has 0 radical (unpaired) electrons. The lowest BCUT2D eigenvalue weighted by atomic mass is 10.3. The van der Waals surface area contributed by atoms with Gasteiger partial charge in [-0.05, 0) is 12.1 Å². The van der Waals surface area contributed by atoms with E-state index in [1.165, 1.54) is 7.05 Å². The van der Waals surface area contributed by atoms with Crippen molar-refractivity contribution in [3.05, 3.63) is 41.7 Å². The molecule has 0 saturated heterocycles. The number of hydrogen-bond donors (Lipinski definition) is 2. The highest BCUT2D eigenvalue weighted by atomic mass is 19.4. The number of para-hydroxylation sites is 2. The first-order chi connectivity index (χ1) is 9.25. The van der Waals surface area contributed by atoms with E-state index < -0.39 is 17.4 Å². The molecule has 0 spiro atoms. The van der Waals surface area contributed by atoms with Crippen molar-refractivity contribution in [2.24, 2.45) is 7.05 Å². The number of anilines is 1. The van der Waals surface area contributed by atoms with Gasteiger partial charge in [0.2, 0.25) is 0 Å². The molecule has 0 fully saturated rings. The number of carbonyl (C=O) groups excluding carboxylic acids is 1. The number of halogens is 3. The Bertz CT molecular complexity index is 573. The molecular weight excluding hydrogens is 275 g/mol. The molecule has 3 N–H and O–H groups in total. The first-order valence-electron chi connectivity index (χ1n) is 5.35. The number of aromatic nitrogens is 2. The predicted molar refractivity (Wildman–Crippen MR) is 66.1 cm³/mol. The first-order valence-corrected chi connectivity index (χ1v) is 5.35. The molecule has 2 aromatic rings. The quantitative estimate of drug-likeness (QED) is 0.479. The number of benzene rings is 1. The number of phenols is 1. The van der Waals surface area contributed by atoms with E-state index in [1.807, 2.05) is 0 Å². The lowest BCUT2D eigenvalue weighted by Gasteiger charge is -2.01. The van der Waals surface area contributed by atoms with Crippen molar-refractivity contribution in [3.63, 3.8) is 0 Å². The predicted octanol–water partition coefficient (Wildman–Crippen LogP) is 2.23. The highest BCUT2D eigenvalue weighted by molar-refractivity contribution is 5.76. The zero-order valence-electron chi connectivity index (χ0n) is 10.4. The van der Waals surface area contributed by atoms with Gasteiger partial charge in [0, 0.05) is 13.2 Å². The third-order valence-corrected chi connectivity index (χ3v) is 2.19. The van der Waals surface area contributed by atoms with Gasteiger partial charge < -0.3 is 10.8 Å². The average molecular weight is 287 g/mol. The van der Waals surface area contributed by atoms with Crippen LogP contribution in [0.5, 0.6) is 5.75 Å². The van der Waals surface area contributed by atoms with Crippen LogP contribution in [0, 0.1) is 0 Å². The SMILES string of the molecule is Cn1cc(C=O)c(C(F)(F)F)n1.Nc1ccccc1O.